The van der Waals surface area contributed by atoms with Gasteiger partial charge in [-0.15, -0.1) is 17.8 Å². The summed E-state index contributed by atoms with van der Waals surface area (Å²) >= 11 is 3.43. The first kappa shape index (κ1) is 13.0. The van der Waals surface area contributed by atoms with E-state index in [0.717, 1.165) is 17.9 Å². The average molecular weight is 276 g/mol. The van der Waals surface area contributed by atoms with Crippen molar-refractivity contribution in [1.82, 2.24) is 4.90 Å². The number of carbonyl (C=O) groups is 1. The summed E-state index contributed by atoms with van der Waals surface area (Å²) in [5.74, 6) is 4.39. The smallest absolute Gasteiger partial charge is 0.265 e. The minimum atomic E-state index is -0.126. The summed E-state index contributed by atoms with van der Waals surface area (Å²) in [5, 5.41) is 8.71. The van der Waals surface area contributed by atoms with Gasteiger partial charge >= 0.3 is 0 Å². The van der Waals surface area contributed by atoms with Gasteiger partial charge in [-0.05, 0) is 23.8 Å². The fourth-order valence-corrected chi connectivity index (χ4v) is 4.14. The SMILES string of the molecule is C#CCN(CC#N)C(=O)c1cc2c(s1)CCSC2. The molecule has 0 atom stereocenters. The zero-order valence-corrected chi connectivity index (χ0v) is 11.4. The number of carbonyl (C=O) groups excluding carboxylic acids is 1. The fraction of sp³-hybridized carbons (Fsp3) is 0.385. The molecule has 1 aliphatic rings. The molecule has 92 valence electrons. The van der Waals surface area contributed by atoms with E-state index in [-0.39, 0.29) is 19.0 Å². The van der Waals surface area contributed by atoms with Crippen molar-refractivity contribution in [3.63, 3.8) is 0 Å². The lowest BCUT2D eigenvalue weighted by molar-refractivity contribution is 0.0800. The normalized spacial score (nSPS) is 13.2. The lowest BCUT2D eigenvalue weighted by Gasteiger charge is -2.14. The van der Waals surface area contributed by atoms with Gasteiger partial charge in [0.1, 0.15) is 6.54 Å². The molecule has 1 aliphatic heterocycles. The van der Waals surface area contributed by atoms with Gasteiger partial charge in [0.2, 0.25) is 0 Å². The van der Waals surface area contributed by atoms with Crippen LogP contribution in [0.4, 0.5) is 0 Å². The molecule has 0 fully saturated rings. The second-order valence-electron chi connectivity index (χ2n) is 3.89. The molecule has 0 spiro atoms. The molecule has 2 heterocycles. The van der Waals surface area contributed by atoms with Gasteiger partial charge < -0.3 is 4.90 Å². The Balaban J connectivity index is 2.20. The first-order valence-corrected chi connectivity index (χ1v) is 7.52. The molecule has 0 saturated carbocycles. The third-order valence-corrected chi connectivity index (χ3v) is 4.90. The van der Waals surface area contributed by atoms with Crippen molar-refractivity contribution in [1.29, 1.82) is 5.26 Å². The number of aryl methyl sites for hydroxylation is 1. The second kappa shape index (κ2) is 5.95. The number of nitriles is 1. The van der Waals surface area contributed by atoms with Crippen LogP contribution in [0.5, 0.6) is 0 Å². The van der Waals surface area contributed by atoms with E-state index in [2.05, 4.69) is 5.92 Å². The van der Waals surface area contributed by atoms with E-state index >= 15 is 0 Å². The number of nitrogens with zero attached hydrogens (tertiary/aromatic N) is 2. The maximum absolute atomic E-state index is 12.2. The summed E-state index contributed by atoms with van der Waals surface area (Å²) in [7, 11) is 0. The van der Waals surface area contributed by atoms with E-state index in [1.807, 2.05) is 23.9 Å². The molecule has 0 radical (unpaired) electrons. The standard InChI is InChI=1S/C13H12N2OS2/c1-2-5-15(6-4-14)13(16)12-8-10-9-17-7-3-11(10)18-12/h1,8H,3,5-7,9H2. The Morgan fingerprint density at radius 1 is 1.56 bits per heavy atom. The van der Waals surface area contributed by atoms with Crippen LogP contribution in [0.15, 0.2) is 6.07 Å². The number of hydrogen-bond acceptors (Lipinski definition) is 4. The molecule has 5 heteroatoms. The summed E-state index contributed by atoms with van der Waals surface area (Å²) in [5.41, 5.74) is 1.26. The summed E-state index contributed by atoms with van der Waals surface area (Å²) in [6.45, 7) is 0.226. The van der Waals surface area contributed by atoms with E-state index in [1.165, 1.54) is 15.3 Å². The molecule has 3 nitrogen and oxygen atoms in total. The van der Waals surface area contributed by atoms with Crippen LogP contribution in [-0.2, 0) is 12.2 Å². The van der Waals surface area contributed by atoms with E-state index in [4.69, 9.17) is 11.7 Å². The molecule has 0 unspecified atom stereocenters. The van der Waals surface area contributed by atoms with Gasteiger partial charge in [0, 0.05) is 10.6 Å². The van der Waals surface area contributed by atoms with Crippen LogP contribution in [0.25, 0.3) is 0 Å². The molecule has 1 amide bonds. The summed E-state index contributed by atoms with van der Waals surface area (Å²) in [4.78, 5) is 15.6. The van der Waals surface area contributed by atoms with E-state index in [9.17, 15) is 4.79 Å². The fourth-order valence-electron chi connectivity index (χ4n) is 1.80. The van der Waals surface area contributed by atoms with Crippen LogP contribution in [0.2, 0.25) is 0 Å². The molecule has 18 heavy (non-hydrogen) atoms. The maximum atomic E-state index is 12.2. The monoisotopic (exact) mass is 276 g/mol. The van der Waals surface area contributed by atoms with Crippen molar-refractivity contribution in [3.8, 4) is 18.4 Å². The number of thiophene rings is 1. The van der Waals surface area contributed by atoms with Gasteiger partial charge in [-0.1, -0.05) is 5.92 Å². The van der Waals surface area contributed by atoms with Gasteiger partial charge in [0.25, 0.3) is 5.91 Å². The highest BCUT2D eigenvalue weighted by Crippen LogP contribution is 2.32. The summed E-state index contributed by atoms with van der Waals surface area (Å²) in [6.07, 6.45) is 6.25. The maximum Gasteiger partial charge on any atom is 0.265 e. The van der Waals surface area contributed by atoms with Crippen molar-refractivity contribution >= 4 is 29.0 Å². The van der Waals surface area contributed by atoms with Crippen molar-refractivity contribution in [2.75, 3.05) is 18.8 Å². The third-order valence-electron chi connectivity index (χ3n) is 2.67. The number of rotatable bonds is 3. The molecule has 0 aliphatic carbocycles. The first-order chi connectivity index (χ1) is 8.76. The minimum absolute atomic E-state index is 0.0420. The topological polar surface area (TPSA) is 44.1 Å². The van der Waals surface area contributed by atoms with Crippen molar-refractivity contribution in [2.45, 2.75) is 12.2 Å². The zero-order valence-electron chi connectivity index (χ0n) is 9.81. The number of fused-ring (bicyclic) bond motifs is 1. The molecule has 0 N–H and O–H groups in total. The molecule has 1 aromatic heterocycles. The number of hydrogen-bond donors (Lipinski definition) is 0. The highest BCUT2D eigenvalue weighted by atomic mass is 32.2. The molecule has 1 aromatic rings. The predicted molar refractivity (Wildman–Crippen MR) is 74.5 cm³/mol. The Morgan fingerprint density at radius 2 is 2.39 bits per heavy atom. The molecule has 2 rings (SSSR count). The molecule has 0 bridgehead atoms. The van der Waals surface area contributed by atoms with Crippen LogP contribution in [0.1, 0.15) is 20.1 Å². The quantitative estimate of drug-likeness (QED) is 0.627. The van der Waals surface area contributed by atoms with Gasteiger partial charge in [-0.3, -0.25) is 4.79 Å². The number of terminal acetylenes is 1. The predicted octanol–water partition coefficient (Wildman–Crippen LogP) is 2.14. The lowest BCUT2D eigenvalue weighted by atomic mass is 10.2. The van der Waals surface area contributed by atoms with Crippen molar-refractivity contribution < 1.29 is 4.79 Å². The van der Waals surface area contributed by atoms with Crippen LogP contribution >= 0.6 is 23.1 Å². The minimum Gasteiger partial charge on any atom is -0.313 e. The molecule has 0 saturated heterocycles. The van der Waals surface area contributed by atoms with Crippen LogP contribution in [0.3, 0.4) is 0 Å². The summed E-state index contributed by atoms with van der Waals surface area (Å²) < 4.78 is 0. The number of amides is 1. The largest absolute Gasteiger partial charge is 0.313 e. The molecule has 0 aromatic carbocycles. The third kappa shape index (κ3) is 2.69. The lowest BCUT2D eigenvalue weighted by Crippen LogP contribution is -2.31. The Bertz CT molecular complexity index is 497. The highest BCUT2D eigenvalue weighted by molar-refractivity contribution is 7.98. The van der Waals surface area contributed by atoms with Crippen LogP contribution in [0, 0.1) is 23.7 Å². The Hall–Kier alpha value is -1.43. The van der Waals surface area contributed by atoms with Gasteiger partial charge in [-0.2, -0.15) is 17.0 Å². The van der Waals surface area contributed by atoms with Gasteiger partial charge in [-0.25, -0.2) is 0 Å². The van der Waals surface area contributed by atoms with Crippen molar-refractivity contribution in [2.24, 2.45) is 0 Å². The molecular weight excluding hydrogens is 264 g/mol. The van der Waals surface area contributed by atoms with E-state index in [1.54, 1.807) is 11.3 Å². The Morgan fingerprint density at radius 3 is 3.06 bits per heavy atom. The number of thioether (sulfide) groups is 1. The Kier molecular flexibility index (Phi) is 4.30. The van der Waals surface area contributed by atoms with Gasteiger partial charge in [0.15, 0.2) is 0 Å². The first-order valence-electron chi connectivity index (χ1n) is 5.55. The zero-order chi connectivity index (χ0) is 13.0. The van der Waals surface area contributed by atoms with Crippen LogP contribution < -0.4 is 0 Å². The molecular formula is C13H12N2OS2. The average Bonchev–Trinajstić information content (AvgIpc) is 2.81. The van der Waals surface area contributed by atoms with Gasteiger partial charge in [0.05, 0.1) is 17.5 Å². The van der Waals surface area contributed by atoms with E-state index < -0.39 is 0 Å². The van der Waals surface area contributed by atoms with Crippen LogP contribution in [-0.4, -0.2) is 29.6 Å². The van der Waals surface area contributed by atoms with E-state index in [0.29, 0.717) is 4.88 Å². The van der Waals surface area contributed by atoms with Crippen molar-refractivity contribution in [3.05, 3.63) is 21.4 Å². The summed E-state index contributed by atoms with van der Waals surface area (Å²) in [6, 6.07) is 3.93. The highest BCUT2D eigenvalue weighted by Gasteiger charge is 2.21. The second-order valence-corrected chi connectivity index (χ2v) is 6.13. The Labute approximate surface area is 115 Å².